The van der Waals surface area contributed by atoms with E-state index < -0.39 is 24.5 Å². The summed E-state index contributed by atoms with van der Waals surface area (Å²) < 4.78 is 6.00. The second kappa shape index (κ2) is 39.0. The van der Waals surface area contributed by atoms with E-state index in [4.69, 9.17) is 14.9 Å². The van der Waals surface area contributed by atoms with Crippen molar-refractivity contribution in [2.45, 2.75) is 219 Å². The summed E-state index contributed by atoms with van der Waals surface area (Å²) in [7, 11) is 0. The number of ether oxygens (including phenoxy) is 1. The molecule has 0 radical (unpaired) electrons. The lowest BCUT2D eigenvalue weighted by Crippen LogP contribution is -2.47. The number of carboxylic acids is 1. The third kappa shape index (κ3) is 36.1. The number of aliphatic carboxylic acids is 1. The molecular weight excluding hydrogens is 668 g/mol. The number of allylic oxidation sites excluding steroid dienone is 4. The minimum atomic E-state index is -1.38. The van der Waals surface area contributed by atoms with Gasteiger partial charge in [0.15, 0.2) is 0 Å². The summed E-state index contributed by atoms with van der Waals surface area (Å²) in [6.45, 7) is 3.47. The van der Waals surface area contributed by atoms with E-state index >= 15 is 0 Å². The summed E-state index contributed by atoms with van der Waals surface area (Å²) >= 11 is 0. The first kappa shape index (κ1) is 50.3. The number of esters is 1. The number of carbonyl (C=O) groups excluding carboxylic acids is 3. The van der Waals surface area contributed by atoms with Gasteiger partial charge in [0.1, 0.15) is 12.1 Å². The van der Waals surface area contributed by atoms with Crippen molar-refractivity contribution in [3.05, 3.63) is 24.3 Å². The molecule has 0 bridgehead atoms. The van der Waals surface area contributed by atoms with Gasteiger partial charge in [-0.15, -0.1) is 0 Å². The second-order valence-corrected chi connectivity index (χ2v) is 14.8. The molecule has 0 fully saturated rings. The fraction of sp³-hybridized carbons (Fsp3) is 0.818. The average molecular weight is 749 g/mol. The fourth-order valence-electron chi connectivity index (χ4n) is 6.34. The zero-order valence-corrected chi connectivity index (χ0v) is 34.0. The minimum absolute atomic E-state index is 0.0516. The van der Waals surface area contributed by atoms with Crippen molar-refractivity contribution in [3.63, 3.8) is 0 Å². The molecule has 0 rings (SSSR count). The Morgan fingerprint density at radius 3 is 1.58 bits per heavy atom. The molecular formula is C44H80N2O7. The maximum Gasteiger partial charge on any atom is 0.328 e. The van der Waals surface area contributed by atoms with Crippen molar-refractivity contribution in [1.82, 2.24) is 10.6 Å². The van der Waals surface area contributed by atoms with E-state index in [2.05, 4.69) is 48.8 Å². The van der Waals surface area contributed by atoms with Crippen LogP contribution in [0.1, 0.15) is 206 Å². The van der Waals surface area contributed by atoms with Crippen LogP contribution in [0, 0.1) is 0 Å². The van der Waals surface area contributed by atoms with Crippen LogP contribution in [0.2, 0.25) is 0 Å². The summed E-state index contributed by atoms with van der Waals surface area (Å²) in [6.07, 6.45) is 42.0. The van der Waals surface area contributed by atoms with E-state index in [-0.39, 0.29) is 30.9 Å². The molecule has 0 saturated heterocycles. The predicted molar refractivity (Wildman–Crippen MR) is 218 cm³/mol. The van der Waals surface area contributed by atoms with Gasteiger partial charge in [-0.3, -0.25) is 14.4 Å². The van der Waals surface area contributed by atoms with Crippen LogP contribution in [0.3, 0.4) is 0 Å². The molecule has 0 aliphatic carbocycles. The second-order valence-electron chi connectivity index (χ2n) is 14.8. The number of carboxylic acid groups (broad SMARTS) is 1. The van der Waals surface area contributed by atoms with E-state index in [1.165, 1.54) is 103 Å². The van der Waals surface area contributed by atoms with Crippen LogP contribution < -0.4 is 10.6 Å². The van der Waals surface area contributed by atoms with E-state index in [9.17, 15) is 19.2 Å². The average Bonchev–Trinajstić information content (AvgIpc) is 3.14. The zero-order chi connectivity index (χ0) is 39.0. The minimum Gasteiger partial charge on any atom is -0.480 e. The summed E-state index contributed by atoms with van der Waals surface area (Å²) in [5, 5.41) is 22.5. The summed E-state index contributed by atoms with van der Waals surface area (Å²) in [5.74, 6) is -2.32. The molecule has 2 atom stereocenters. The first-order valence-electron chi connectivity index (χ1n) is 21.7. The summed E-state index contributed by atoms with van der Waals surface area (Å²) in [4.78, 5) is 47.5. The Hall–Kier alpha value is -2.68. The lowest BCUT2D eigenvalue weighted by atomic mass is 10.0. The normalized spacial score (nSPS) is 12.7. The van der Waals surface area contributed by atoms with Gasteiger partial charge >= 0.3 is 11.9 Å². The Bertz CT molecular complexity index is 952. The maximum absolute atomic E-state index is 12.8. The molecule has 0 aromatic heterocycles. The zero-order valence-electron chi connectivity index (χ0n) is 34.0. The van der Waals surface area contributed by atoms with Gasteiger partial charge in [-0.1, -0.05) is 154 Å². The van der Waals surface area contributed by atoms with Crippen LogP contribution in [0.15, 0.2) is 24.3 Å². The Kier molecular flexibility index (Phi) is 37.1. The van der Waals surface area contributed by atoms with Crippen molar-refractivity contribution >= 4 is 23.8 Å². The smallest absolute Gasteiger partial charge is 0.328 e. The molecule has 0 aliphatic heterocycles. The number of nitrogens with one attached hydrogen (secondary N) is 2. The number of rotatable bonds is 39. The molecule has 0 saturated carbocycles. The number of hydrogen-bond donors (Lipinski definition) is 4. The molecule has 2 amide bonds. The Balaban J connectivity index is 4.38. The predicted octanol–water partition coefficient (Wildman–Crippen LogP) is 10.4. The SMILES string of the molecule is CCCCCCC/C=C\C/C=C\CCCC(CCCCCCCC(=O)NCC(=O)NC(CO)C(=O)O)OC(=O)CCCCCCCCCCCCCC. The van der Waals surface area contributed by atoms with Gasteiger partial charge in [-0.05, 0) is 64.2 Å². The van der Waals surface area contributed by atoms with E-state index in [1.807, 2.05) is 0 Å². The molecule has 53 heavy (non-hydrogen) atoms. The summed E-state index contributed by atoms with van der Waals surface area (Å²) in [5.41, 5.74) is 0. The van der Waals surface area contributed by atoms with Crippen molar-refractivity contribution in [3.8, 4) is 0 Å². The quantitative estimate of drug-likeness (QED) is 0.0278. The van der Waals surface area contributed by atoms with Crippen LogP contribution in [0.4, 0.5) is 0 Å². The Labute approximate surface area is 324 Å². The van der Waals surface area contributed by atoms with Crippen molar-refractivity contribution in [2.75, 3.05) is 13.2 Å². The highest BCUT2D eigenvalue weighted by Gasteiger charge is 2.19. The van der Waals surface area contributed by atoms with Gasteiger partial charge in [0, 0.05) is 12.8 Å². The molecule has 4 N–H and O–H groups in total. The number of hydrogen-bond acceptors (Lipinski definition) is 6. The molecule has 308 valence electrons. The molecule has 0 aliphatic rings. The largest absolute Gasteiger partial charge is 0.480 e. The summed E-state index contributed by atoms with van der Waals surface area (Å²) in [6, 6.07) is -1.38. The van der Waals surface area contributed by atoms with Crippen molar-refractivity contribution < 1.29 is 34.1 Å². The molecule has 2 unspecified atom stereocenters. The maximum atomic E-state index is 12.8. The standard InChI is InChI=1S/C44H80N2O7/c1-3-5-7-9-11-13-15-17-18-20-22-25-29-33-39(53-43(50)36-32-28-23-21-19-16-14-12-10-8-6-4-2)34-30-26-24-27-31-35-41(48)45-37-42(49)46-40(38-47)44(51)52/h15,17,20,22,39-40,47H,3-14,16,18-19,21,23-38H2,1-2H3,(H,45,48)(H,46,49)(H,51,52)/b17-15-,22-20-. The topological polar surface area (TPSA) is 142 Å². The number of amides is 2. The van der Waals surface area contributed by atoms with Crippen LogP contribution >= 0.6 is 0 Å². The number of unbranched alkanes of at least 4 members (excludes halogenated alkanes) is 21. The van der Waals surface area contributed by atoms with Crippen LogP contribution in [0.5, 0.6) is 0 Å². The van der Waals surface area contributed by atoms with E-state index in [0.717, 1.165) is 70.6 Å². The first-order chi connectivity index (χ1) is 25.8. The molecule has 0 aromatic carbocycles. The molecule has 0 aromatic rings. The highest BCUT2D eigenvalue weighted by Crippen LogP contribution is 2.18. The van der Waals surface area contributed by atoms with Crippen molar-refractivity contribution in [2.24, 2.45) is 0 Å². The van der Waals surface area contributed by atoms with Crippen LogP contribution in [-0.4, -0.2) is 59.3 Å². The lowest BCUT2D eigenvalue weighted by Gasteiger charge is -2.18. The first-order valence-corrected chi connectivity index (χ1v) is 21.7. The van der Waals surface area contributed by atoms with Crippen molar-refractivity contribution in [1.29, 1.82) is 0 Å². The Morgan fingerprint density at radius 2 is 1.04 bits per heavy atom. The number of aliphatic hydroxyl groups excluding tert-OH is 1. The molecule has 0 heterocycles. The monoisotopic (exact) mass is 749 g/mol. The van der Waals surface area contributed by atoms with Gasteiger partial charge in [0.25, 0.3) is 0 Å². The molecule has 9 heteroatoms. The number of aliphatic hydroxyl groups is 1. The van der Waals surface area contributed by atoms with Gasteiger partial charge in [-0.25, -0.2) is 4.79 Å². The van der Waals surface area contributed by atoms with Gasteiger partial charge in [0.2, 0.25) is 11.8 Å². The van der Waals surface area contributed by atoms with E-state index in [0.29, 0.717) is 12.8 Å². The third-order valence-corrected chi connectivity index (χ3v) is 9.70. The number of carbonyl (C=O) groups is 4. The van der Waals surface area contributed by atoms with Crippen LogP contribution in [0.25, 0.3) is 0 Å². The third-order valence-electron chi connectivity index (χ3n) is 9.70. The van der Waals surface area contributed by atoms with E-state index in [1.54, 1.807) is 0 Å². The van der Waals surface area contributed by atoms with Gasteiger partial charge < -0.3 is 25.6 Å². The van der Waals surface area contributed by atoms with Crippen LogP contribution in [-0.2, 0) is 23.9 Å². The molecule has 9 nitrogen and oxygen atoms in total. The van der Waals surface area contributed by atoms with Gasteiger partial charge in [0.05, 0.1) is 13.2 Å². The lowest BCUT2D eigenvalue weighted by molar-refractivity contribution is -0.150. The highest BCUT2D eigenvalue weighted by atomic mass is 16.5. The van der Waals surface area contributed by atoms with Gasteiger partial charge in [-0.2, -0.15) is 0 Å². The fourth-order valence-corrected chi connectivity index (χ4v) is 6.34. The highest BCUT2D eigenvalue weighted by molar-refractivity contribution is 5.87. The Morgan fingerprint density at radius 1 is 0.566 bits per heavy atom. The molecule has 0 spiro atoms.